The Labute approximate surface area is 166 Å². The maximum absolute atomic E-state index is 12.7. The lowest BCUT2D eigenvalue weighted by molar-refractivity contribution is 0.0527. The van der Waals surface area contributed by atoms with E-state index in [0.29, 0.717) is 30.9 Å². The molecular weight excluding hydrogens is 354 g/mol. The average Bonchev–Trinajstić information content (AvgIpc) is 2.74. The number of para-hydroxylation sites is 2. The van der Waals surface area contributed by atoms with Gasteiger partial charge < -0.3 is 19.9 Å². The van der Waals surface area contributed by atoms with Crippen molar-refractivity contribution in [3.8, 4) is 0 Å². The fourth-order valence-electron chi connectivity index (χ4n) is 3.44. The Bertz CT molecular complexity index is 829. The fourth-order valence-corrected chi connectivity index (χ4v) is 3.44. The number of urea groups is 1. The van der Waals surface area contributed by atoms with Gasteiger partial charge in [-0.15, -0.1) is 0 Å². The van der Waals surface area contributed by atoms with Crippen LogP contribution >= 0.6 is 0 Å². The minimum Gasteiger partial charge on any atom is -0.462 e. The molecule has 6 nitrogen and oxygen atoms in total. The van der Waals surface area contributed by atoms with Gasteiger partial charge in [-0.3, -0.25) is 0 Å². The fraction of sp³-hybridized carbons (Fsp3) is 0.364. The lowest BCUT2D eigenvalue weighted by atomic mass is 10.1. The van der Waals surface area contributed by atoms with Crippen molar-refractivity contribution < 1.29 is 14.3 Å². The van der Waals surface area contributed by atoms with Gasteiger partial charge in [0.15, 0.2) is 0 Å². The second kappa shape index (κ2) is 9.26. The van der Waals surface area contributed by atoms with Gasteiger partial charge in [-0.25, -0.2) is 9.59 Å². The van der Waals surface area contributed by atoms with Crippen LogP contribution in [-0.4, -0.2) is 49.7 Å². The van der Waals surface area contributed by atoms with E-state index in [0.717, 1.165) is 19.5 Å². The van der Waals surface area contributed by atoms with Gasteiger partial charge >= 0.3 is 12.0 Å². The van der Waals surface area contributed by atoms with E-state index in [9.17, 15) is 9.59 Å². The number of nitrogens with one attached hydrogen (secondary N) is 1. The number of ether oxygens (including phenoxy) is 1. The molecule has 0 aromatic heterocycles. The molecule has 3 rings (SSSR count). The van der Waals surface area contributed by atoms with Crippen molar-refractivity contribution in [2.24, 2.45) is 0 Å². The zero-order valence-corrected chi connectivity index (χ0v) is 16.5. The quantitative estimate of drug-likeness (QED) is 0.801. The molecule has 2 amide bonds. The standard InChI is InChI=1S/C22H27N3O3/c1-3-17-9-5-8-12-20(17)24-13-15-25(16-14-24)22(27)23-19-11-7-6-10-18(19)21(26)28-4-2/h5-12H,3-4,13-16H2,1-2H3,(H,23,27). The molecule has 0 atom stereocenters. The van der Waals surface area contributed by atoms with E-state index in [4.69, 9.17) is 4.74 Å². The first-order valence-electron chi connectivity index (χ1n) is 9.79. The van der Waals surface area contributed by atoms with Crippen LogP contribution in [-0.2, 0) is 11.2 Å². The number of carbonyl (C=O) groups excluding carboxylic acids is 2. The number of hydrogen-bond acceptors (Lipinski definition) is 4. The van der Waals surface area contributed by atoms with E-state index in [-0.39, 0.29) is 6.03 Å². The summed E-state index contributed by atoms with van der Waals surface area (Å²) in [6.07, 6.45) is 0.988. The summed E-state index contributed by atoms with van der Waals surface area (Å²) < 4.78 is 5.07. The van der Waals surface area contributed by atoms with Crippen LogP contribution in [0.1, 0.15) is 29.8 Å². The smallest absolute Gasteiger partial charge is 0.340 e. The number of benzene rings is 2. The molecule has 0 saturated carbocycles. The number of carbonyl (C=O) groups is 2. The van der Waals surface area contributed by atoms with E-state index in [2.05, 4.69) is 41.4 Å². The molecule has 1 heterocycles. The van der Waals surface area contributed by atoms with Crippen molar-refractivity contribution in [1.29, 1.82) is 0 Å². The third-order valence-electron chi connectivity index (χ3n) is 4.94. The molecule has 6 heteroatoms. The molecule has 0 spiro atoms. The van der Waals surface area contributed by atoms with Crippen molar-refractivity contribution in [2.45, 2.75) is 20.3 Å². The molecule has 0 aliphatic carbocycles. The van der Waals surface area contributed by atoms with Crippen molar-refractivity contribution in [3.63, 3.8) is 0 Å². The number of aryl methyl sites for hydroxylation is 1. The van der Waals surface area contributed by atoms with Crippen molar-refractivity contribution >= 4 is 23.4 Å². The zero-order chi connectivity index (χ0) is 19.9. The molecule has 2 aromatic carbocycles. The Morgan fingerprint density at radius 1 is 0.964 bits per heavy atom. The van der Waals surface area contributed by atoms with Gasteiger partial charge in [-0.1, -0.05) is 37.3 Å². The summed E-state index contributed by atoms with van der Waals surface area (Å²) in [7, 11) is 0. The van der Waals surface area contributed by atoms with E-state index in [1.54, 1.807) is 36.1 Å². The molecule has 1 saturated heterocycles. The maximum atomic E-state index is 12.7. The molecule has 28 heavy (non-hydrogen) atoms. The SMILES string of the molecule is CCOC(=O)c1ccccc1NC(=O)N1CCN(c2ccccc2CC)CC1. The normalized spacial score (nSPS) is 13.9. The van der Waals surface area contributed by atoms with E-state index < -0.39 is 5.97 Å². The summed E-state index contributed by atoms with van der Waals surface area (Å²) in [4.78, 5) is 28.9. The average molecular weight is 381 g/mol. The number of nitrogens with zero attached hydrogens (tertiary/aromatic N) is 2. The molecule has 0 unspecified atom stereocenters. The number of anilines is 2. The Hall–Kier alpha value is -3.02. The van der Waals surface area contributed by atoms with Gasteiger partial charge in [-0.05, 0) is 37.1 Å². The minimum absolute atomic E-state index is 0.194. The second-order valence-corrected chi connectivity index (χ2v) is 6.65. The maximum Gasteiger partial charge on any atom is 0.340 e. The molecule has 148 valence electrons. The van der Waals surface area contributed by atoms with Crippen LogP contribution in [0.3, 0.4) is 0 Å². The van der Waals surface area contributed by atoms with Crippen LogP contribution in [0.2, 0.25) is 0 Å². The number of piperazine rings is 1. The third-order valence-corrected chi connectivity index (χ3v) is 4.94. The molecular formula is C22H27N3O3. The third kappa shape index (κ3) is 4.44. The molecule has 1 aliphatic rings. The molecule has 0 radical (unpaired) electrons. The van der Waals surface area contributed by atoms with Crippen LogP contribution in [0, 0.1) is 0 Å². The van der Waals surface area contributed by atoms with E-state index in [1.807, 2.05) is 0 Å². The van der Waals surface area contributed by atoms with Crippen molar-refractivity contribution in [1.82, 2.24) is 4.90 Å². The Morgan fingerprint density at radius 3 is 2.36 bits per heavy atom. The molecule has 1 fully saturated rings. The highest BCUT2D eigenvalue weighted by molar-refractivity contribution is 6.00. The Balaban J connectivity index is 1.63. The highest BCUT2D eigenvalue weighted by Crippen LogP contribution is 2.23. The minimum atomic E-state index is -0.431. The van der Waals surface area contributed by atoms with Crippen LogP contribution in [0.25, 0.3) is 0 Å². The van der Waals surface area contributed by atoms with E-state index >= 15 is 0 Å². The number of esters is 1. The molecule has 1 aliphatic heterocycles. The Morgan fingerprint density at radius 2 is 1.64 bits per heavy atom. The predicted octanol–water partition coefficient (Wildman–Crippen LogP) is 3.78. The van der Waals surface area contributed by atoms with Gasteiger partial charge in [0.1, 0.15) is 0 Å². The summed E-state index contributed by atoms with van der Waals surface area (Å²) in [6, 6.07) is 15.1. The highest BCUT2D eigenvalue weighted by atomic mass is 16.5. The summed E-state index contributed by atoms with van der Waals surface area (Å²) in [5.74, 6) is -0.431. The Kier molecular flexibility index (Phi) is 6.53. The molecule has 2 aromatic rings. The van der Waals surface area contributed by atoms with Crippen LogP contribution in [0.5, 0.6) is 0 Å². The summed E-state index contributed by atoms with van der Waals surface area (Å²) in [5, 5.41) is 2.86. The van der Waals surface area contributed by atoms with Crippen molar-refractivity contribution in [3.05, 3.63) is 59.7 Å². The molecule has 0 bridgehead atoms. The van der Waals surface area contributed by atoms with Gasteiger partial charge in [0.2, 0.25) is 0 Å². The first-order chi connectivity index (χ1) is 13.6. The zero-order valence-electron chi connectivity index (χ0n) is 16.5. The van der Waals surface area contributed by atoms with E-state index in [1.165, 1.54) is 11.3 Å². The monoisotopic (exact) mass is 381 g/mol. The number of rotatable bonds is 5. The van der Waals surface area contributed by atoms with Gasteiger partial charge in [0, 0.05) is 31.9 Å². The predicted molar refractivity (Wildman–Crippen MR) is 111 cm³/mol. The summed E-state index contributed by atoms with van der Waals surface area (Å²) in [5.41, 5.74) is 3.42. The van der Waals surface area contributed by atoms with Crippen LogP contribution < -0.4 is 10.2 Å². The topological polar surface area (TPSA) is 61.9 Å². The lowest BCUT2D eigenvalue weighted by Crippen LogP contribution is -2.50. The largest absolute Gasteiger partial charge is 0.462 e. The molecule has 1 N–H and O–H groups in total. The summed E-state index contributed by atoms with van der Waals surface area (Å²) >= 11 is 0. The summed E-state index contributed by atoms with van der Waals surface area (Å²) in [6.45, 7) is 7.03. The van der Waals surface area contributed by atoms with Crippen LogP contribution in [0.15, 0.2) is 48.5 Å². The number of hydrogen-bond donors (Lipinski definition) is 1. The number of amides is 2. The van der Waals surface area contributed by atoms with Gasteiger partial charge in [0.25, 0.3) is 0 Å². The second-order valence-electron chi connectivity index (χ2n) is 6.65. The first-order valence-corrected chi connectivity index (χ1v) is 9.79. The van der Waals surface area contributed by atoms with Gasteiger partial charge in [-0.2, -0.15) is 0 Å². The highest BCUT2D eigenvalue weighted by Gasteiger charge is 2.23. The van der Waals surface area contributed by atoms with Crippen molar-refractivity contribution in [2.75, 3.05) is 43.0 Å². The van der Waals surface area contributed by atoms with Gasteiger partial charge in [0.05, 0.1) is 17.9 Å². The van der Waals surface area contributed by atoms with Crippen LogP contribution in [0.4, 0.5) is 16.2 Å². The first kappa shape index (κ1) is 19.7. The lowest BCUT2D eigenvalue weighted by Gasteiger charge is -2.37.